The summed E-state index contributed by atoms with van der Waals surface area (Å²) in [7, 11) is 0. The van der Waals surface area contributed by atoms with Crippen molar-refractivity contribution in [2.45, 2.75) is 40.7 Å². The molecule has 0 aliphatic rings. The molecule has 0 saturated heterocycles. The van der Waals surface area contributed by atoms with E-state index in [0.717, 1.165) is 35.3 Å². The highest BCUT2D eigenvalue weighted by molar-refractivity contribution is 5.96. The van der Waals surface area contributed by atoms with E-state index in [0.29, 0.717) is 12.2 Å². The topological polar surface area (TPSA) is 57.0 Å². The first-order chi connectivity index (χ1) is 9.10. The van der Waals surface area contributed by atoms with Crippen LogP contribution in [0, 0.1) is 13.8 Å². The highest BCUT2D eigenvalue weighted by Gasteiger charge is 2.18. The van der Waals surface area contributed by atoms with Gasteiger partial charge < -0.3 is 4.74 Å². The van der Waals surface area contributed by atoms with Crippen molar-refractivity contribution in [3.05, 3.63) is 23.0 Å². The van der Waals surface area contributed by atoms with E-state index in [2.05, 4.69) is 17.0 Å². The number of carbonyl (C=O) groups is 1. The predicted molar refractivity (Wildman–Crippen MR) is 73.2 cm³/mol. The second-order valence-electron chi connectivity index (χ2n) is 4.52. The lowest BCUT2D eigenvalue weighted by Gasteiger charge is -2.06. The Bertz CT molecular complexity index is 617. The minimum Gasteiger partial charge on any atom is -0.462 e. The van der Waals surface area contributed by atoms with Gasteiger partial charge in [-0.05, 0) is 32.8 Å². The molecular formula is C14H19N3O2. The van der Waals surface area contributed by atoms with Crippen LogP contribution in [0.15, 0.2) is 6.20 Å². The van der Waals surface area contributed by atoms with Crippen LogP contribution in [0.1, 0.15) is 41.9 Å². The molecule has 0 spiro atoms. The molecule has 0 saturated carbocycles. The van der Waals surface area contributed by atoms with Crippen LogP contribution in [0.25, 0.3) is 11.0 Å². The summed E-state index contributed by atoms with van der Waals surface area (Å²) >= 11 is 0. The second kappa shape index (κ2) is 5.38. The molecule has 19 heavy (non-hydrogen) atoms. The third-order valence-electron chi connectivity index (χ3n) is 3.13. The zero-order valence-corrected chi connectivity index (χ0v) is 11.9. The van der Waals surface area contributed by atoms with Crippen molar-refractivity contribution in [3.8, 4) is 0 Å². The van der Waals surface area contributed by atoms with Gasteiger partial charge in [0, 0.05) is 18.1 Å². The Morgan fingerprint density at radius 2 is 2.11 bits per heavy atom. The average molecular weight is 261 g/mol. The number of pyridine rings is 1. The van der Waals surface area contributed by atoms with Gasteiger partial charge in [0.15, 0.2) is 5.65 Å². The molecule has 0 aliphatic carbocycles. The molecule has 0 unspecified atom stereocenters. The lowest BCUT2D eigenvalue weighted by molar-refractivity contribution is 0.0525. The first-order valence-electron chi connectivity index (χ1n) is 6.60. The third kappa shape index (κ3) is 2.32. The summed E-state index contributed by atoms with van der Waals surface area (Å²) in [5.41, 5.74) is 3.15. The number of fused-ring (bicyclic) bond motifs is 1. The molecule has 2 heterocycles. The normalized spacial score (nSPS) is 10.9. The van der Waals surface area contributed by atoms with Gasteiger partial charge in [0.2, 0.25) is 0 Å². The van der Waals surface area contributed by atoms with E-state index < -0.39 is 0 Å². The molecule has 0 N–H and O–H groups in total. The summed E-state index contributed by atoms with van der Waals surface area (Å²) in [5, 5.41) is 5.45. The van der Waals surface area contributed by atoms with Gasteiger partial charge in [-0.1, -0.05) is 6.92 Å². The first-order valence-corrected chi connectivity index (χ1v) is 6.60. The third-order valence-corrected chi connectivity index (χ3v) is 3.13. The van der Waals surface area contributed by atoms with Crippen molar-refractivity contribution in [2.75, 3.05) is 6.61 Å². The second-order valence-corrected chi connectivity index (χ2v) is 4.52. The van der Waals surface area contributed by atoms with E-state index in [1.165, 1.54) is 0 Å². The van der Waals surface area contributed by atoms with Crippen LogP contribution in [0.2, 0.25) is 0 Å². The van der Waals surface area contributed by atoms with Crippen molar-refractivity contribution in [2.24, 2.45) is 0 Å². The van der Waals surface area contributed by atoms with Gasteiger partial charge in [0.25, 0.3) is 0 Å². The SMILES string of the molecule is CCCn1nc(C)c2c(C)c(C(=O)OCC)cnc21. The van der Waals surface area contributed by atoms with E-state index >= 15 is 0 Å². The molecule has 2 rings (SSSR count). The van der Waals surface area contributed by atoms with E-state index in [-0.39, 0.29) is 5.97 Å². The molecule has 0 aromatic carbocycles. The molecule has 0 amide bonds. The summed E-state index contributed by atoms with van der Waals surface area (Å²) in [6.45, 7) is 8.95. The Kier molecular flexibility index (Phi) is 3.83. The van der Waals surface area contributed by atoms with Crippen molar-refractivity contribution >= 4 is 17.0 Å². The standard InChI is InChI=1S/C14H19N3O2/c1-5-7-17-13-12(10(4)16-17)9(3)11(8-15-13)14(18)19-6-2/h8H,5-7H2,1-4H3. The number of esters is 1. The number of carbonyl (C=O) groups excluding carboxylic acids is 1. The smallest absolute Gasteiger partial charge is 0.339 e. The van der Waals surface area contributed by atoms with E-state index in [1.807, 2.05) is 18.5 Å². The maximum atomic E-state index is 11.9. The number of rotatable bonds is 4. The summed E-state index contributed by atoms with van der Waals surface area (Å²) in [6, 6.07) is 0. The van der Waals surface area contributed by atoms with Crippen molar-refractivity contribution in [1.82, 2.24) is 14.8 Å². The maximum Gasteiger partial charge on any atom is 0.339 e. The molecule has 2 aromatic rings. The fourth-order valence-corrected chi connectivity index (χ4v) is 2.28. The largest absolute Gasteiger partial charge is 0.462 e. The molecule has 0 atom stereocenters. The highest BCUT2D eigenvalue weighted by atomic mass is 16.5. The molecule has 0 bridgehead atoms. The minimum absolute atomic E-state index is 0.322. The fourth-order valence-electron chi connectivity index (χ4n) is 2.28. The van der Waals surface area contributed by atoms with E-state index in [4.69, 9.17) is 4.74 Å². The average Bonchev–Trinajstić information content (AvgIpc) is 2.68. The number of hydrogen-bond acceptors (Lipinski definition) is 4. The van der Waals surface area contributed by atoms with Crippen molar-refractivity contribution < 1.29 is 9.53 Å². The molecular weight excluding hydrogens is 242 g/mol. The Balaban J connectivity index is 2.59. The van der Waals surface area contributed by atoms with Gasteiger partial charge in [-0.3, -0.25) is 0 Å². The summed E-state index contributed by atoms with van der Waals surface area (Å²) in [4.78, 5) is 16.2. The minimum atomic E-state index is -0.322. The molecule has 0 aliphatic heterocycles. The predicted octanol–water partition coefficient (Wildman–Crippen LogP) is 2.63. The zero-order valence-electron chi connectivity index (χ0n) is 11.9. The quantitative estimate of drug-likeness (QED) is 0.794. The van der Waals surface area contributed by atoms with Crippen molar-refractivity contribution in [3.63, 3.8) is 0 Å². The Morgan fingerprint density at radius 3 is 2.74 bits per heavy atom. The number of ether oxygens (including phenoxy) is 1. The highest BCUT2D eigenvalue weighted by Crippen LogP contribution is 2.23. The van der Waals surface area contributed by atoms with E-state index in [1.54, 1.807) is 13.1 Å². The van der Waals surface area contributed by atoms with Gasteiger partial charge in [-0.25, -0.2) is 14.5 Å². The van der Waals surface area contributed by atoms with Gasteiger partial charge in [0.05, 0.1) is 17.9 Å². The maximum absolute atomic E-state index is 11.9. The van der Waals surface area contributed by atoms with Crippen LogP contribution in [0.5, 0.6) is 0 Å². The van der Waals surface area contributed by atoms with Gasteiger partial charge in [0.1, 0.15) is 0 Å². The van der Waals surface area contributed by atoms with Crippen LogP contribution in [0.4, 0.5) is 0 Å². The Labute approximate surface area is 112 Å². The van der Waals surface area contributed by atoms with Crippen LogP contribution >= 0.6 is 0 Å². The molecule has 102 valence electrons. The van der Waals surface area contributed by atoms with Gasteiger partial charge >= 0.3 is 5.97 Å². The lowest BCUT2D eigenvalue weighted by Crippen LogP contribution is -2.08. The zero-order chi connectivity index (χ0) is 14.0. The Hall–Kier alpha value is -1.91. The lowest BCUT2D eigenvalue weighted by atomic mass is 10.1. The monoisotopic (exact) mass is 261 g/mol. The molecule has 0 fully saturated rings. The van der Waals surface area contributed by atoms with Crippen LogP contribution in [0.3, 0.4) is 0 Å². The van der Waals surface area contributed by atoms with Gasteiger partial charge in [-0.2, -0.15) is 5.10 Å². The van der Waals surface area contributed by atoms with Crippen LogP contribution in [-0.2, 0) is 11.3 Å². The molecule has 5 heteroatoms. The molecule has 5 nitrogen and oxygen atoms in total. The summed E-state index contributed by atoms with van der Waals surface area (Å²) in [6.07, 6.45) is 2.58. The number of nitrogens with zero attached hydrogens (tertiary/aromatic N) is 3. The van der Waals surface area contributed by atoms with Crippen LogP contribution < -0.4 is 0 Å². The number of aromatic nitrogens is 3. The number of aryl methyl sites for hydroxylation is 3. The Morgan fingerprint density at radius 1 is 1.37 bits per heavy atom. The first kappa shape index (κ1) is 13.5. The fraction of sp³-hybridized carbons (Fsp3) is 0.500. The number of hydrogen-bond donors (Lipinski definition) is 0. The van der Waals surface area contributed by atoms with Crippen molar-refractivity contribution in [1.29, 1.82) is 0 Å². The van der Waals surface area contributed by atoms with Gasteiger partial charge in [-0.15, -0.1) is 0 Å². The van der Waals surface area contributed by atoms with Crippen LogP contribution in [-0.4, -0.2) is 27.3 Å². The summed E-state index contributed by atoms with van der Waals surface area (Å²) in [5.74, 6) is -0.322. The molecule has 0 radical (unpaired) electrons. The van der Waals surface area contributed by atoms with E-state index in [9.17, 15) is 4.79 Å². The molecule has 2 aromatic heterocycles. The summed E-state index contributed by atoms with van der Waals surface area (Å²) < 4.78 is 6.94.